The highest BCUT2D eigenvalue weighted by molar-refractivity contribution is 5.74. The van der Waals surface area contributed by atoms with Crippen LogP contribution in [-0.4, -0.2) is 49.3 Å². The zero-order valence-corrected chi connectivity index (χ0v) is 38.0. The molecule has 2 saturated carbocycles. The van der Waals surface area contributed by atoms with E-state index in [4.69, 9.17) is 18.9 Å². The van der Waals surface area contributed by atoms with Gasteiger partial charge in [-0.2, -0.15) is 0 Å². The van der Waals surface area contributed by atoms with Crippen molar-refractivity contribution in [3.63, 3.8) is 0 Å². The summed E-state index contributed by atoms with van der Waals surface area (Å²) < 4.78 is 22.1. The van der Waals surface area contributed by atoms with Gasteiger partial charge >= 0.3 is 23.9 Å². The normalized spacial score (nSPS) is 23.4. The molecule has 328 valence electrons. The minimum Gasteiger partial charge on any atom is -0.466 e. The molecule has 0 bridgehead atoms. The second-order valence-electron chi connectivity index (χ2n) is 18.1. The van der Waals surface area contributed by atoms with E-state index in [0.717, 1.165) is 64.2 Å². The first-order valence-corrected chi connectivity index (χ1v) is 23.5. The summed E-state index contributed by atoms with van der Waals surface area (Å²) in [6.07, 6.45) is 21.5. The molecule has 8 unspecified atom stereocenters. The summed E-state index contributed by atoms with van der Waals surface area (Å²) in [5, 5.41) is 0. The largest absolute Gasteiger partial charge is 0.466 e. The Morgan fingerprint density at radius 1 is 0.500 bits per heavy atom. The molecule has 0 heterocycles. The van der Waals surface area contributed by atoms with Crippen molar-refractivity contribution in [2.45, 2.75) is 223 Å². The maximum Gasteiger partial charge on any atom is 0.309 e. The number of carbonyl (C=O) groups is 4. The highest BCUT2D eigenvalue weighted by Crippen LogP contribution is 2.40. The fourth-order valence-corrected chi connectivity index (χ4v) is 8.95. The van der Waals surface area contributed by atoms with Gasteiger partial charge in [0.15, 0.2) is 0 Å². The van der Waals surface area contributed by atoms with E-state index in [1.165, 1.54) is 51.4 Å². The molecule has 8 heteroatoms. The molecule has 2 aliphatic carbocycles. The van der Waals surface area contributed by atoms with Gasteiger partial charge in [-0.25, -0.2) is 0 Å². The monoisotopic (exact) mass is 793 g/mol. The van der Waals surface area contributed by atoms with Crippen LogP contribution < -0.4 is 0 Å². The Hall–Kier alpha value is -2.12. The van der Waals surface area contributed by atoms with Crippen LogP contribution >= 0.6 is 0 Å². The Bertz CT molecular complexity index is 974. The molecule has 8 atom stereocenters. The minimum atomic E-state index is -0.194. The second kappa shape index (κ2) is 30.9. The summed E-state index contributed by atoms with van der Waals surface area (Å²) >= 11 is 0. The molecule has 0 N–H and O–H groups in total. The van der Waals surface area contributed by atoms with Crippen molar-refractivity contribution in [3.8, 4) is 0 Å². The molecular formula is C48H88O8. The van der Waals surface area contributed by atoms with E-state index in [1.807, 2.05) is 13.8 Å². The quantitative estimate of drug-likeness (QED) is 0.0484. The van der Waals surface area contributed by atoms with Gasteiger partial charge in [-0.05, 0) is 114 Å². The molecule has 0 aromatic heterocycles. The fourth-order valence-electron chi connectivity index (χ4n) is 8.95. The lowest BCUT2D eigenvalue weighted by Crippen LogP contribution is -2.36. The van der Waals surface area contributed by atoms with Gasteiger partial charge in [0, 0.05) is 12.8 Å². The molecule has 2 aliphatic rings. The van der Waals surface area contributed by atoms with Crippen LogP contribution in [0.15, 0.2) is 0 Å². The van der Waals surface area contributed by atoms with Crippen LogP contribution in [0.25, 0.3) is 0 Å². The molecule has 0 spiro atoms. The summed E-state index contributed by atoms with van der Waals surface area (Å²) in [5.41, 5.74) is 0. The van der Waals surface area contributed by atoms with Gasteiger partial charge in [0.05, 0.1) is 25.0 Å². The molecule has 0 saturated heterocycles. The summed E-state index contributed by atoms with van der Waals surface area (Å²) in [4.78, 5) is 49.6. The van der Waals surface area contributed by atoms with Crippen molar-refractivity contribution in [3.05, 3.63) is 0 Å². The molecule has 2 rings (SSSR count). The van der Waals surface area contributed by atoms with Gasteiger partial charge in [-0.15, -0.1) is 0 Å². The Kier molecular flexibility index (Phi) is 28.6. The Morgan fingerprint density at radius 3 is 1.18 bits per heavy atom. The fraction of sp³-hybridized carbons (Fsp3) is 0.917. The van der Waals surface area contributed by atoms with E-state index in [2.05, 4.69) is 55.4 Å². The molecular weight excluding hydrogens is 705 g/mol. The number of rotatable bonds is 26. The van der Waals surface area contributed by atoms with Crippen molar-refractivity contribution < 1.29 is 38.1 Å². The first kappa shape index (κ1) is 51.9. The van der Waals surface area contributed by atoms with E-state index in [0.29, 0.717) is 74.4 Å². The predicted octanol–water partition coefficient (Wildman–Crippen LogP) is 12.6. The summed E-state index contributed by atoms with van der Waals surface area (Å²) in [5.74, 6) is 2.55. The van der Waals surface area contributed by atoms with Crippen LogP contribution in [0.3, 0.4) is 0 Å². The Balaban J connectivity index is 0.000000560. The topological polar surface area (TPSA) is 105 Å². The summed E-state index contributed by atoms with van der Waals surface area (Å²) in [6, 6.07) is 0. The number of ether oxygens (including phenoxy) is 4. The smallest absolute Gasteiger partial charge is 0.309 e. The van der Waals surface area contributed by atoms with E-state index < -0.39 is 0 Å². The SMILES string of the molecule is CCCCCCCC(CCC(=O)OCC)OC(=O)C1CC(C)CCC1C(C)C.CCCCCCCC(CCC(=O)OCC)OC(=O)C1CC(C)CCC1C(C)C. The zero-order chi connectivity index (χ0) is 41.9. The number of carbonyl (C=O) groups excluding carboxylic acids is 4. The molecule has 0 aromatic carbocycles. The third kappa shape index (κ3) is 22.1. The maximum absolute atomic E-state index is 13.0. The van der Waals surface area contributed by atoms with Gasteiger partial charge in [0.25, 0.3) is 0 Å². The van der Waals surface area contributed by atoms with Crippen LogP contribution in [0, 0.1) is 47.3 Å². The summed E-state index contributed by atoms with van der Waals surface area (Å²) in [6.45, 7) is 22.2. The van der Waals surface area contributed by atoms with E-state index in [-0.39, 0.29) is 47.9 Å². The lowest BCUT2D eigenvalue weighted by atomic mass is 9.70. The molecule has 0 amide bonds. The van der Waals surface area contributed by atoms with Gasteiger partial charge < -0.3 is 18.9 Å². The van der Waals surface area contributed by atoms with Gasteiger partial charge in [-0.1, -0.05) is 120 Å². The summed E-state index contributed by atoms with van der Waals surface area (Å²) in [7, 11) is 0. The maximum atomic E-state index is 13.0. The lowest BCUT2D eigenvalue weighted by Gasteiger charge is -2.36. The average molecular weight is 793 g/mol. The first-order valence-electron chi connectivity index (χ1n) is 23.5. The molecule has 8 nitrogen and oxygen atoms in total. The van der Waals surface area contributed by atoms with Crippen LogP contribution in [0.5, 0.6) is 0 Å². The zero-order valence-electron chi connectivity index (χ0n) is 38.0. The van der Waals surface area contributed by atoms with Gasteiger partial charge in [0.1, 0.15) is 12.2 Å². The highest BCUT2D eigenvalue weighted by atomic mass is 16.6. The van der Waals surface area contributed by atoms with Crippen LogP contribution in [0.1, 0.15) is 210 Å². The van der Waals surface area contributed by atoms with Crippen molar-refractivity contribution in [2.24, 2.45) is 47.3 Å². The first-order chi connectivity index (χ1) is 26.8. The molecule has 0 aliphatic heterocycles. The van der Waals surface area contributed by atoms with Crippen molar-refractivity contribution in [2.75, 3.05) is 13.2 Å². The van der Waals surface area contributed by atoms with E-state index in [9.17, 15) is 19.2 Å². The number of hydrogen-bond acceptors (Lipinski definition) is 8. The second-order valence-corrected chi connectivity index (χ2v) is 18.1. The molecule has 56 heavy (non-hydrogen) atoms. The molecule has 0 aromatic rings. The molecule has 2 fully saturated rings. The highest BCUT2D eigenvalue weighted by Gasteiger charge is 2.38. The third-order valence-corrected chi connectivity index (χ3v) is 12.4. The number of hydrogen-bond donors (Lipinski definition) is 0. The van der Waals surface area contributed by atoms with Crippen LogP contribution in [-0.2, 0) is 38.1 Å². The van der Waals surface area contributed by atoms with Crippen LogP contribution in [0.4, 0.5) is 0 Å². The van der Waals surface area contributed by atoms with E-state index >= 15 is 0 Å². The van der Waals surface area contributed by atoms with Crippen LogP contribution in [0.2, 0.25) is 0 Å². The van der Waals surface area contributed by atoms with Gasteiger partial charge in [0.2, 0.25) is 0 Å². The standard InChI is InChI=1S/2C24H44O4/c2*1-6-8-9-10-11-12-20(14-16-23(25)27-7-2)28-24(26)22-17-19(5)13-15-21(22)18(3)4/h2*18-22H,6-17H2,1-5H3. The number of unbranched alkanes of at least 4 members (excludes halogenated alkanes) is 8. The van der Waals surface area contributed by atoms with Crippen molar-refractivity contribution >= 4 is 23.9 Å². The minimum absolute atomic E-state index is 0.00827. The third-order valence-electron chi connectivity index (χ3n) is 12.4. The van der Waals surface area contributed by atoms with Crippen molar-refractivity contribution in [1.82, 2.24) is 0 Å². The van der Waals surface area contributed by atoms with Gasteiger partial charge in [-0.3, -0.25) is 19.2 Å². The van der Waals surface area contributed by atoms with Crippen molar-refractivity contribution in [1.29, 1.82) is 0 Å². The molecule has 0 radical (unpaired) electrons. The average Bonchev–Trinajstić information content (AvgIpc) is 3.15. The predicted molar refractivity (Wildman–Crippen MR) is 228 cm³/mol. The Morgan fingerprint density at radius 2 is 0.857 bits per heavy atom. The van der Waals surface area contributed by atoms with E-state index in [1.54, 1.807) is 0 Å². The Labute approximate surface area is 344 Å². The number of esters is 4. The lowest BCUT2D eigenvalue weighted by molar-refractivity contribution is -0.161.